The maximum absolute atomic E-state index is 12.9. The molecular formula is C19H24N2O2. The van der Waals surface area contributed by atoms with Crippen molar-refractivity contribution in [3.8, 4) is 0 Å². The molecule has 23 heavy (non-hydrogen) atoms. The van der Waals surface area contributed by atoms with E-state index in [4.69, 9.17) is 0 Å². The number of carbonyl (C=O) groups excluding carboxylic acids is 1. The van der Waals surface area contributed by atoms with Crippen LogP contribution in [0.2, 0.25) is 0 Å². The molecule has 2 heterocycles. The van der Waals surface area contributed by atoms with E-state index in [0.717, 1.165) is 31.4 Å². The Morgan fingerprint density at radius 1 is 1.13 bits per heavy atom. The van der Waals surface area contributed by atoms with Gasteiger partial charge in [-0.3, -0.25) is 4.79 Å². The third-order valence-corrected chi connectivity index (χ3v) is 4.71. The van der Waals surface area contributed by atoms with Gasteiger partial charge < -0.3 is 14.6 Å². The second-order valence-corrected chi connectivity index (χ2v) is 6.25. The summed E-state index contributed by atoms with van der Waals surface area (Å²) in [7, 11) is 2.01. The van der Waals surface area contributed by atoms with Crippen LogP contribution in [0, 0.1) is 0 Å². The maximum Gasteiger partial charge on any atom is 0.256 e. The summed E-state index contributed by atoms with van der Waals surface area (Å²) in [4.78, 5) is 14.8. The molecule has 1 fully saturated rings. The van der Waals surface area contributed by atoms with E-state index in [1.165, 1.54) is 0 Å². The maximum atomic E-state index is 12.9. The molecule has 2 unspecified atom stereocenters. The largest absolute Gasteiger partial charge is 0.378 e. The summed E-state index contributed by atoms with van der Waals surface area (Å²) in [6, 6.07) is 13.3. The first-order valence-corrected chi connectivity index (χ1v) is 8.33. The number of benzene rings is 1. The summed E-state index contributed by atoms with van der Waals surface area (Å²) >= 11 is 0. The number of hydrogen-bond acceptors (Lipinski definition) is 2. The first-order chi connectivity index (χ1) is 11.2. The number of aliphatic hydroxyl groups excluding tert-OH is 1. The highest BCUT2D eigenvalue weighted by atomic mass is 16.3. The Hall–Kier alpha value is -2.07. The molecule has 1 aromatic heterocycles. The molecule has 1 amide bonds. The number of rotatable bonds is 3. The summed E-state index contributed by atoms with van der Waals surface area (Å²) in [6.07, 6.45) is 5.11. The fourth-order valence-electron chi connectivity index (χ4n) is 3.44. The smallest absolute Gasteiger partial charge is 0.256 e. The first kappa shape index (κ1) is 15.8. The van der Waals surface area contributed by atoms with Gasteiger partial charge in [-0.15, -0.1) is 0 Å². The van der Waals surface area contributed by atoms with Crippen molar-refractivity contribution in [1.82, 2.24) is 9.47 Å². The third-order valence-electron chi connectivity index (χ3n) is 4.71. The van der Waals surface area contributed by atoms with Gasteiger partial charge in [-0.05, 0) is 30.5 Å². The monoisotopic (exact) mass is 312 g/mol. The molecule has 1 N–H and O–H groups in total. The Morgan fingerprint density at radius 3 is 2.61 bits per heavy atom. The highest BCUT2D eigenvalue weighted by Gasteiger charge is 2.32. The lowest BCUT2D eigenvalue weighted by Crippen LogP contribution is -2.38. The van der Waals surface area contributed by atoms with E-state index in [9.17, 15) is 9.90 Å². The standard InChI is InChI=1S/C19H24N2O2/c1-20-13-8-12-16(20)17-11-6-3-7-14-21(17)19(23)18(22)15-9-4-2-5-10-15/h2,4-5,8-10,12-13,17-18,22H,3,6-7,11,14H2,1H3. The summed E-state index contributed by atoms with van der Waals surface area (Å²) in [5, 5.41) is 10.5. The van der Waals surface area contributed by atoms with E-state index in [2.05, 4.69) is 10.6 Å². The van der Waals surface area contributed by atoms with Crippen molar-refractivity contribution in [2.24, 2.45) is 7.05 Å². The summed E-state index contributed by atoms with van der Waals surface area (Å²) in [5.74, 6) is -0.190. The highest BCUT2D eigenvalue weighted by molar-refractivity contribution is 5.82. The molecule has 1 aliphatic heterocycles. The van der Waals surface area contributed by atoms with E-state index >= 15 is 0 Å². The molecule has 0 radical (unpaired) electrons. The molecule has 1 saturated heterocycles. The number of aryl methyl sites for hydroxylation is 1. The SMILES string of the molecule is Cn1cccc1C1CCCCCN1C(=O)C(O)c1ccccc1. The van der Waals surface area contributed by atoms with Crippen LogP contribution in [0.15, 0.2) is 48.7 Å². The van der Waals surface area contributed by atoms with Crippen LogP contribution in [0.4, 0.5) is 0 Å². The molecule has 0 bridgehead atoms. The van der Waals surface area contributed by atoms with Gasteiger partial charge in [0.25, 0.3) is 5.91 Å². The van der Waals surface area contributed by atoms with Gasteiger partial charge >= 0.3 is 0 Å². The minimum absolute atomic E-state index is 0.0448. The predicted molar refractivity (Wildman–Crippen MR) is 89.7 cm³/mol. The number of amides is 1. The van der Waals surface area contributed by atoms with Crippen molar-refractivity contribution in [3.63, 3.8) is 0 Å². The lowest BCUT2D eigenvalue weighted by Gasteiger charge is -2.32. The highest BCUT2D eigenvalue weighted by Crippen LogP contribution is 2.32. The molecular weight excluding hydrogens is 288 g/mol. The van der Waals surface area contributed by atoms with Crippen molar-refractivity contribution in [2.75, 3.05) is 6.54 Å². The van der Waals surface area contributed by atoms with Gasteiger partial charge in [0.2, 0.25) is 0 Å². The van der Waals surface area contributed by atoms with E-state index in [0.29, 0.717) is 12.1 Å². The van der Waals surface area contributed by atoms with Crippen LogP contribution < -0.4 is 0 Å². The number of likely N-dealkylation sites (tertiary alicyclic amines) is 1. The molecule has 122 valence electrons. The lowest BCUT2D eigenvalue weighted by atomic mass is 10.0. The van der Waals surface area contributed by atoms with Crippen molar-refractivity contribution < 1.29 is 9.90 Å². The van der Waals surface area contributed by atoms with Crippen LogP contribution in [0.25, 0.3) is 0 Å². The average Bonchev–Trinajstić information content (AvgIpc) is 2.86. The molecule has 1 aliphatic rings. The van der Waals surface area contributed by atoms with Gasteiger partial charge in [-0.1, -0.05) is 43.2 Å². The van der Waals surface area contributed by atoms with Crippen molar-refractivity contribution in [3.05, 3.63) is 59.9 Å². The van der Waals surface area contributed by atoms with Crippen LogP contribution in [-0.4, -0.2) is 27.0 Å². The normalized spacial score (nSPS) is 20.1. The van der Waals surface area contributed by atoms with Crippen LogP contribution >= 0.6 is 0 Å². The van der Waals surface area contributed by atoms with E-state index in [1.807, 2.05) is 42.4 Å². The third kappa shape index (κ3) is 3.32. The fraction of sp³-hybridized carbons (Fsp3) is 0.421. The second-order valence-electron chi connectivity index (χ2n) is 6.25. The van der Waals surface area contributed by atoms with Gasteiger partial charge in [0.05, 0.1) is 6.04 Å². The Balaban J connectivity index is 1.87. The van der Waals surface area contributed by atoms with Gasteiger partial charge in [-0.25, -0.2) is 0 Å². The number of carbonyl (C=O) groups is 1. The quantitative estimate of drug-likeness (QED) is 0.946. The summed E-state index contributed by atoms with van der Waals surface area (Å²) in [6.45, 7) is 0.707. The van der Waals surface area contributed by atoms with Gasteiger partial charge in [0.15, 0.2) is 6.10 Å². The number of nitrogens with zero attached hydrogens (tertiary/aromatic N) is 2. The molecule has 2 atom stereocenters. The number of aromatic nitrogens is 1. The Kier molecular flexibility index (Phi) is 4.82. The average molecular weight is 312 g/mol. The lowest BCUT2D eigenvalue weighted by molar-refractivity contribution is -0.143. The topological polar surface area (TPSA) is 45.5 Å². The summed E-state index contributed by atoms with van der Waals surface area (Å²) in [5.41, 5.74) is 1.80. The van der Waals surface area contributed by atoms with Crippen LogP contribution in [0.3, 0.4) is 0 Å². The molecule has 4 nitrogen and oxygen atoms in total. The zero-order chi connectivity index (χ0) is 16.2. The first-order valence-electron chi connectivity index (χ1n) is 8.33. The Labute approximate surface area is 137 Å². The molecule has 0 aliphatic carbocycles. The predicted octanol–water partition coefficient (Wildman–Crippen LogP) is 3.20. The zero-order valence-corrected chi connectivity index (χ0v) is 13.6. The number of hydrogen-bond donors (Lipinski definition) is 1. The van der Waals surface area contributed by atoms with Crippen molar-refractivity contribution >= 4 is 5.91 Å². The fourth-order valence-corrected chi connectivity index (χ4v) is 3.44. The Morgan fingerprint density at radius 2 is 1.91 bits per heavy atom. The molecule has 4 heteroatoms. The molecule has 3 rings (SSSR count). The molecule has 0 saturated carbocycles. The molecule has 1 aromatic carbocycles. The van der Waals surface area contributed by atoms with E-state index < -0.39 is 6.10 Å². The van der Waals surface area contributed by atoms with E-state index in [-0.39, 0.29) is 11.9 Å². The van der Waals surface area contributed by atoms with E-state index in [1.54, 1.807) is 12.1 Å². The second kappa shape index (κ2) is 7.01. The van der Waals surface area contributed by atoms with Gasteiger partial charge in [0, 0.05) is 25.5 Å². The van der Waals surface area contributed by atoms with Crippen LogP contribution in [0.1, 0.15) is 49.1 Å². The molecule has 2 aromatic rings. The molecule has 0 spiro atoms. The Bertz CT molecular complexity index is 650. The zero-order valence-electron chi connectivity index (χ0n) is 13.6. The van der Waals surface area contributed by atoms with Crippen molar-refractivity contribution in [1.29, 1.82) is 0 Å². The number of aliphatic hydroxyl groups is 1. The van der Waals surface area contributed by atoms with Gasteiger partial charge in [0.1, 0.15) is 0 Å². The van der Waals surface area contributed by atoms with Crippen LogP contribution in [0.5, 0.6) is 0 Å². The van der Waals surface area contributed by atoms with Crippen molar-refractivity contribution in [2.45, 2.75) is 37.8 Å². The van der Waals surface area contributed by atoms with Gasteiger partial charge in [-0.2, -0.15) is 0 Å². The minimum Gasteiger partial charge on any atom is -0.378 e. The van der Waals surface area contributed by atoms with Crippen LogP contribution in [-0.2, 0) is 11.8 Å². The summed E-state index contributed by atoms with van der Waals surface area (Å²) < 4.78 is 2.07. The minimum atomic E-state index is -1.09.